The van der Waals surface area contributed by atoms with Crippen molar-refractivity contribution in [2.75, 3.05) is 5.32 Å². The van der Waals surface area contributed by atoms with Crippen molar-refractivity contribution in [1.29, 1.82) is 0 Å². The van der Waals surface area contributed by atoms with Crippen LogP contribution in [0.2, 0.25) is 5.02 Å². The van der Waals surface area contributed by atoms with Crippen LogP contribution in [0.1, 0.15) is 11.1 Å². The molecular formula is C27H23ClN4O3. The third kappa shape index (κ3) is 4.04. The van der Waals surface area contributed by atoms with Crippen molar-refractivity contribution < 1.29 is 4.79 Å². The van der Waals surface area contributed by atoms with Gasteiger partial charge in [-0.3, -0.25) is 18.7 Å². The zero-order valence-corrected chi connectivity index (χ0v) is 20.0. The maximum atomic E-state index is 13.7. The highest BCUT2D eigenvalue weighted by Crippen LogP contribution is 2.27. The molecule has 3 aromatic carbocycles. The van der Waals surface area contributed by atoms with E-state index in [1.165, 1.54) is 9.13 Å². The normalized spacial score (nSPS) is 11.3. The molecule has 0 spiro atoms. The molecule has 5 aromatic rings. The minimum absolute atomic E-state index is 0.0983. The number of nitrogens with zero attached hydrogens (tertiary/aromatic N) is 3. The second kappa shape index (κ2) is 8.92. The van der Waals surface area contributed by atoms with Crippen molar-refractivity contribution in [1.82, 2.24) is 13.7 Å². The first-order valence-corrected chi connectivity index (χ1v) is 11.5. The van der Waals surface area contributed by atoms with Gasteiger partial charge in [0.15, 0.2) is 0 Å². The van der Waals surface area contributed by atoms with E-state index in [-0.39, 0.29) is 13.1 Å². The summed E-state index contributed by atoms with van der Waals surface area (Å²) in [6.07, 6.45) is 0. The molecule has 0 aliphatic rings. The van der Waals surface area contributed by atoms with Gasteiger partial charge >= 0.3 is 5.69 Å². The molecule has 8 heteroatoms. The second-order valence-electron chi connectivity index (χ2n) is 8.55. The topological polar surface area (TPSA) is 78.0 Å². The molecule has 7 nitrogen and oxygen atoms in total. The van der Waals surface area contributed by atoms with Gasteiger partial charge in [-0.05, 0) is 36.8 Å². The number of fused-ring (bicyclic) bond motifs is 3. The van der Waals surface area contributed by atoms with Crippen LogP contribution in [0.3, 0.4) is 0 Å². The van der Waals surface area contributed by atoms with Crippen LogP contribution >= 0.6 is 11.6 Å². The number of hydrogen-bond acceptors (Lipinski definition) is 3. The van der Waals surface area contributed by atoms with Gasteiger partial charge in [0.1, 0.15) is 12.1 Å². The molecular weight excluding hydrogens is 464 g/mol. The summed E-state index contributed by atoms with van der Waals surface area (Å²) in [5.41, 5.74) is 2.93. The fourth-order valence-electron chi connectivity index (χ4n) is 4.46. The van der Waals surface area contributed by atoms with E-state index in [0.29, 0.717) is 21.7 Å². The maximum absolute atomic E-state index is 13.7. The summed E-state index contributed by atoms with van der Waals surface area (Å²) in [5.74, 6) is -0.420. The molecule has 176 valence electrons. The summed E-state index contributed by atoms with van der Waals surface area (Å²) in [7, 11) is 1.80. The molecule has 0 atom stereocenters. The summed E-state index contributed by atoms with van der Waals surface area (Å²) < 4.78 is 4.36. The van der Waals surface area contributed by atoms with Gasteiger partial charge in [0.2, 0.25) is 5.91 Å². The summed E-state index contributed by atoms with van der Waals surface area (Å²) >= 11 is 6.20. The van der Waals surface area contributed by atoms with Crippen molar-refractivity contribution in [3.63, 3.8) is 0 Å². The largest absolute Gasteiger partial charge is 0.338 e. The van der Waals surface area contributed by atoms with Gasteiger partial charge in [-0.25, -0.2) is 4.79 Å². The van der Waals surface area contributed by atoms with Crippen LogP contribution in [0.5, 0.6) is 0 Å². The molecule has 0 bridgehead atoms. The maximum Gasteiger partial charge on any atom is 0.332 e. The van der Waals surface area contributed by atoms with Crippen LogP contribution in [-0.2, 0) is 24.9 Å². The molecule has 0 aliphatic carbocycles. The number of amides is 1. The molecule has 35 heavy (non-hydrogen) atoms. The fraction of sp³-hybridized carbons (Fsp3) is 0.148. The Labute approximate surface area is 205 Å². The highest BCUT2D eigenvalue weighted by molar-refractivity contribution is 6.33. The van der Waals surface area contributed by atoms with E-state index in [0.717, 1.165) is 22.0 Å². The van der Waals surface area contributed by atoms with E-state index in [4.69, 9.17) is 11.6 Å². The van der Waals surface area contributed by atoms with Gasteiger partial charge in [-0.1, -0.05) is 65.7 Å². The smallest absolute Gasteiger partial charge is 0.332 e. The first-order valence-electron chi connectivity index (χ1n) is 11.2. The van der Waals surface area contributed by atoms with Gasteiger partial charge in [0, 0.05) is 12.4 Å². The Morgan fingerprint density at radius 2 is 1.63 bits per heavy atom. The third-order valence-electron chi connectivity index (χ3n) is 6.14. The number of aryl methyl sites for hydroxylation is 2. The quantitative estimate of drug-likeness (QED) is 0.402. The van der Waals surface area contributed by atoms with Crippen molar-refractivity contribution in [2.24, 2.45) is 7.05 Å². The van der Waals surface area contributed by atoms with Crippen LogP contribution in [-0.4, -0.2) is 19.6 Å². The lowest BCUT2D eigenvalue weighted by Gasteiger charge is -2.14. The molecule has 1 N–H and O–H groups in total. The lowest BCUT2D eigenvalue weighted by molar-refractivity contribution is -0.116. The number of aromatic nitrogens is 3. The molecule has 2 heterocycles. The Balaban J connectivity index is 1.73. The number of halogens is 1. The number of carbonyl (C=O) groups excluding carboxylic acids is 1. The van der Waals surface area contributed by atoms with Crippen molar-refractivity contribution >= 4 is 45.1 Å². The third-order valence-corrected chi connectivity index (χ3v) is 6.47. The van der Waals surface area contributed by atoms with Gasteiger partial charge in [-0.15, -0.1) is 0 Å². The first kappa shape index (κ1) is 22.7. The van der Waals surface area contributed by atoms with Crippen LogP contribution < -0.4 is 16.6 Å². The molecule has 5 rings (SSSR count). The average molecular weight is 487 g/mol. The zero-order valence-electron chi connectivity index (χ0n) is 19.3. The zero-order chi connectivity index (χ0) is 24.7. The molecule has 0 aliphatic heterocycles. The highest BCUT2D eigenvalue weighted by atomic mass is 35.5. The van der Waals surface area contributed by atoms with E-state index in [1.54, 1.807) is 35.9 Å². The summed E-state index contributed by atoms with van der Waals surface area (Å²) in [6, 6.07) is 22.0. The van der Waals surface area contributed by atoms with Crippen molar-refractivity contribution in [3.05, 3.63) is 110 Å². The van der Waals surface area contributed by atoms with E-state index < -0.39 is 17.2 Å². The lowest BCUT2D eigenvalue weighted by Crippen LogP contribution is -2.42. The number of anilines is 1. The van der Waals surface area contributed by atoms with Crippen LogP contribution in [0, 0.1) is 6.92 Å². The fourth-order valence-corrected chi connectivity index (χ4v) is 4.64. The molecule has 1 amide bonds. The molecule has 0 radical (unpaired) electrons. The molecule has 0 unspecified atom stereocenters. The predicted octanol–water partition coefficient (Wildman–Crippen LogP) is 4.30. The molecule has 0 saturated heterocycles. The summed E-state index contributed by atoms with van der Waals surface area (Å²) in [4.78, 5) is 40.4. The Kier molecular flexibility index (Phi) is 5.78. The lowest BCUT2D eigenvalue weighted by atomic mass is 10.1. The number of benzene rings is 3. The Morgan fingerprint density at radius 3 is 2.37 bits per heavy atom. The van der Waals surface area contributed by atoms with Crippen molar-refractivity contribution in [2.45, 2.75) is 20.0 Å². The number of para-hydroxylation sites is 1. The minimum atomic E-state index is -0.547. The second-order valence-corrected chi connectivity index (χ2v) is 8.96. The van der Waals surface area contributed by atoms with E-state index in [1.807, 2.05) is 55.5 Å². The summed E-state index contributed by atoms with van der Waals surface area (Å²) in [6.45, 7) is 1.77. The Bertz CT molecular complexity index is 1710. The van der Waals surface area contributed by atoms with Crippen LogP contribution in [0.15, 0.2) is 82.4 Å². The summed E-state index contributed by atoms with van der Waals surface area (Å²) in [5, 5.41) is 3.92. The van der Waals surface area contributed by atoms with E-state index >= 15 is 0 Å². The Morgan fingerprint density at radius 1 is 0.914 bits per heavy atom. The molecule has 2 aromatic heterocycles. The minimum Gasteiger partial charge on any atom is -0.338 e. The SMILES string of the molecule is Cc1ccc2c(c1)c1c(c(=O)n(Cc3ccccc3)c(=O)n1CC(=O)Nc1ccccc1Cl)n2C. The highest BCUT2D eigenvalue weighted by Gasteiger charge is 2.22. The van der Waals surface area contributed by atoms with Gasteiger partial charge < -0.3 is 9.88 Å². The van der Waals surface area contributed by atoms with Gasteiger partial charge in [0.25, 0.3) is 5.56 Å². The number of nitrogens with one attached hydrogen (secondary N) is 1. The van der Waals surface area contributed by atoms with E-state index in [9.17, 15) is 14.4 Å². The first-order chi connectivity index (χ1) is 16.8. The number of hydrogen-bond donors (Lipinski definition) is 1. The predicted molar refractivity (Wildman–Crippen MR) is 139 cm³/mol. The van der Waals surface area contributed by atoms with Crippen LogP contribution in [0.4, 0.5) is 5.69 Å². The monoisotopic (exact) mass is 486 g/mol. The van der Waals surface area contributed by atoms with E-state index in [2.05, 4.69) is 5.32 Å². The van der Waals surface area contributed by atoms with Gasteiger partial charge in [0.05, 0.1) is 28.3 Å². The standard InChI is InChI=1S/C27H23ClN4O3/c1-17-12-13-22-19(14-17)24-25(30(22)2)26(34)32(15-18-8-4-3-5-9-18)27(35)31(24)16-23(33)29-21-11-7-6-10-20(21)28/h3-14H,15-16H2,1-2H3,(H,29,33). The average Bonchev–Trinajstić information content (AvgIpc) is 3.13. The number of carbonyl (C=O) groups is 1. The van der Waals surface area contributed by atoms with Crippen molar-refractivity contribution in [3.8, 4) is 0 Å². The molecule has 0 fully saturated rings. The van der Waals surface area contributed by atoms with Crippen LogP contribution in [0.25, 0.3) is 21.9 Å². The van der Waals surface area contributed by atoms with Gasteiger partial charge in [-0.2, -0.15) is 0 Å². The molecule has 0 saturated carbocycles. The Hall–Kier alpha value is -4.10. The number of rotatable bonds is 5.